The summed E-state index contributed by atoms with van der Waals surface area (Å²) < 4.78 is 5.47. The van der Waals surface area contributed by atoms with Crippen LogP contribution in [0.25, 0.3) is 0 Å². The molecule has 1 amide bonds. The summed E-state index contributed by atoms with van der Waals surface area (Å²) in [7, 11) is 1.61. The summed E-state index contributed by atoms with van der Waals surface area (Å²) in [5, 5.41) is 9.92. The van der Waals surface area contributed by atoms with Gasteiger partial charge in [0, 0.05) is 18.3 Å². The molecule has 0 unspecified atom stereocenters. The Hall–Kier alpha value is -1.85. The number of hydrogen-bond donors (Lipinski definition) is 2. The first kappa shape index (κ1) is 14.6. The maximum absolute atomic E-state index is 12.0. The fraction of sp³-hybridized carbons (Fsp3) is 0.286. The lowest BCUT2D eigenvalue weighted by Gasteiger charge is -2.24. The van der Waals surface area contributed by atoms with Gasteiger partial charge in [-0.2, -0.15) is 5.10 Å². The van der Waals surface area contributed by atoms with E-state index < -0.39 is 0 Å². The third kappa shape index (κ3) is 3.37. The van der Waals surface area contributed by atoms with E-state index in [1.54, 1.807) is 25.3 Å². The van der Waals surface area contributed by atoms with Crippen LogP contribution in [0.3, 0.4) is 0 Å². The molecule has 2 aromatic rings. The van der Waals surface area contributed by atoms with Gasteiger partial charge in [-0.1, -0.05) is 23.7 Å². The zero-order valence-electron chi connectivity index (χ0n) is 11.3. The Kier molecular flexibility index (Phi) is 4.76. The molecule has 106 valence electrons. The number of amides is 1. The summed E-state index contributed by atoms with van der Waals surface area (Å²) in [6.07, 6.45) is 1.28. The average Bonchev–Trinajstić information content (AvgIpc) is 2.96. The molecule has 6 heteroatoms. The largest absolute Gasteiger partial charge is 0.375 e. The molecule has 2 atom stereocenters. The quantitative estimate of drug-likeness (QED) is 0.890. The lowest BCUT2D eigenvalue weighted by atomic mass is 10.0. The minimum Gasteiger partial charge on any atom is -0.375 e. The third-order valence-corrected chi connectivity index (χ3v) is 3.26. The van der Waals surface area contributed by atoms with Crippen LogP contribution >= 0.6 is 11.6 Å². The van der Waals surface area contributed by atoms with E-state index in [2.05, 4.69) is 15.5 Å². The van der Waals surface area contributed by atoms with Crippen LogP contribution in [-0.2, 0) is 4.74 Å². The molecule has 0 saturated heterocycles. The summed E-state index contributed by atoms with van der Waals surface area (Å²) in [6.45, 7) is 1.89. The third-order valence-electron chi connectivity index (χ3n) is 3.01. The fourth-order valence-corrected chi connectivity index (χ4v) is 2.15. The van der Waals surface area contributed by atoms with Crippen molar-refractivity contribution in [3.63, 3.8) is 0 Å². The van der Waals surface area contributed by atoms with Gasteiger partial charge in [0.2, 0.25) is 0 Å². The van der Waals surface area contributed by atoms with Gasteiger partial charge in [-0.15, -0.1) is 0 Å². The van der Waals surface area contributed by atoms with Crippen molar-refractivity contribution in [3.8, 4) is 0 Å². The van der Waals surface area contributed by atoms with Gasteiger partial charge >= 0.3 is 0 Å². The van der Waals surface area contributed by atoms with Gasteiger partial charge in [-0.3, -0.25) is 9.89 Å². The van der Waals surface area contributed by atoms with Crippen molar-refractivity contribution in [1.29, 1.82) is 0 Å². The number of ether oxygens (including phenoxy) is 1. The number of methoxy groups -OCH3 is 1. The van der Waals surface area contributed by atoms with E-state index in [1.807, 2.05) is 19.1 Å². The number of carbonyl (C=O) groups is 1. The highest BCUT2D eigenvalue weighted by atomic mass is 35.5. The topological polar surface area (TPSA) is 67.0 Å². The Balaban J connectivity index is 2.07. The zero-order valence-corrected chi connectivity index (χ0v) is 12.0. The Bertz CT molecular complexity index is 554. The highest BCUT2D eigenvalue weighted by Crippen LogP contribution is 2.22. The van der Waals surface area contributed by atoms with Crippen molar-refractivity contribution in [2.45, 2.75) is 19.1 Å². The number of halogens is 1. The maximum atomic E-state index is 12.0. The Morgan fingerprint density at radius 3 is 2.60 bits per heavy atom. The molecule has 2 rings (SSSR count). The normalized spacial score (nSPS) is 13.8. The van der Waals surface area contributed by atoms with Gasteiger partial charge < -0.3 is 10.1 Å². The predicted octanol–water partition coefficient (Wildman–Crippen LogP) is 2.57. The van der Waals surface area contributed by atoms with Gasteiger partial charge in [-0.05, 0) is 30.7 Å². The number of rotatable bonds is 5. The summed E-state index contributed by atoms with van der Waals surface area (Å²) in [5.74, 6) is -0.217. The second-order valence-corrected chi connectivity index (χ2v) is 4.88. The molecule has 0 aliphatic rings. The summed E-state index contributed by atoms with van der Waals surface area (Å²) in [4.78, 5) is 12.0. The first-order chi connectivity index (χ1) is 9.61. The van der Waals surface area contributed by atoms with Crippen molar-refractivity contribution in [2.75, 3.05) is 7.11 Å². The van der Waals surface area contributed by atoms with Gasteiger partial charge in [0.25, 0.3) is 5.91 Å². The minimum atomic E-state index is -0.251. The molecule has 1 heterocycles. The van der Waals surface area contributed by atoms with Crippen molar-refractivity contribution in [2.24, 2.45) is 0 Å². The lowest BCUT2D eigenvalue weighted by molar-refractivity contribution is 0.0642. The van der Waals surface area contributed by atoms with Crippen LogP contribution in [0.1, 0.15) is 29.1 Å². The number of hydrogen-bond acceptors (Lipinski definition) is 3. The second kappa shape index (κ2) is 6.54. The summed E-state index contributed by atoms with van der Waals surface area (Å²) >= 11 is 5.87. The van der Waals surface area contributed by atoms with Crippen molar-refractivity contribution in [1.82, 2.24) is 15.5 Å². The molecule has 0 aliphatic heterocycles. The van der Waals surface area contributed by atoms with E-state index >= 15 is 0 Å². The van der Waals surface area contributed by atoms with Gasteiger partial charge in [0.05, 0.1) is 6.04 Å². The number of nitrogens with zero attached hydrogens (tertiary/aromatic N) is 1. The molecule has 0 bridgehead atoms. The van der Waals surface area contributed by atoms with Crippen LogP contribution in [0.5, 0.6) is 0 Å². The van der Waals surface area contributed by atoms with E-state index in [1.165, 1.54) is 6.20 Å². The molecule has 1 aromatic carbocycles. The number of nitrogens with one attached hydrogen (secondary N) is 2. The lowest BCUT2D eigenvalue weighted by Crippen LogP contribution is -2.38. The smallest absolute Gasteiger partial charge is 0.269 e. The van der Waals surface area contributed by atoms with E-state index in [0.717, 1.165) is 5.56 Å². The van der Waals surface area contributed by atoms with E-state index in [-0.39, 0.29) is 18.1 Å². The molecule has 5 nitrogen and oxygen atoms in total. The van der Waals surface area contributed by atoms with Crippen LogP contribution in [0.4, 0.5) is 0 Å². The SMILES string of the molecule is CO[C@H](c1ccc(Cl)cc1)[C@H](C)NC(=O)c1ccn[nH]1. The van der Waals surface area contributed by atoms with Gasteiger partial charge in [0.1, 0.15) is 11.8 Å². The molecule has 2 N–H and O–H groups in total. The predicted molar refractivity (Wildman–Crippen MR) is 76.7 cm³/mol. The molecule has 0 aliphatic carbocycles. The van der Waals surface area contributed by atoms with Crippen LogP contribution in [0, 0.1) is 0 Å². The van der Waals surface area contributed by atoms with Crippen LogP contribution in [-0.4, -0.2) is 29.3 Å². The first-order valence-electron chi connectivity index (χ1n) is 6.20. The van der Waals surface area contributed by atoms with E-state index in [0.29, 0.717) is 10.7 Å². The standard InChI is InChI=1S/C14H16ClN3O2/c1-9(17-14(19)12-7-8-16-18-12)13(20-2)10-3-5-11(15)6-4-10/h3-9,13H,1-2H3,(H,16,18)(H,17,19)/t9-,13-/m0/s1. The molecule has 20 heavy (non-hydrogen) atoms. The van der Waals surface area contributed by atoms with E-state index in [9.17, 15) is 4.79 Å². The van der Waals surface area contributed by atoms with Crippen molar-refractivity contribution in [3.05, 3.63) is 52.8 Å². The first-order valence-corrected chi connectivity index (χ1v) is 6.58. The summed E-state index contributed by atoms with van der Waals surface area (Å²) in [6, 6.07) is 8.78. The number of benzene rings is 1. The van der Waals surface area contributed by atoms with Crippen molar-refractivity contribution < 1.29 is 9.53 Å². The number of carbonyl (C=O) groups excluding carboxylic acids is 1. The Morgan fingerprint density at radius 1 is 1.35 bits per heavy atom. The van der Waals surface area contributed by atoms with Crippen LogP contribution in [0.15, 0.2) is 36.5 Å². The average molecular weight is 294 g/mol. The molecular formula is C14H16ClN3O2. The summed E-state index contributed by atoms with van der Waals surface area (Å²) in [5.41, 5.74) is 1.37. The van der Waals surface area contributed by atoms with Crippen LogP contribution in [0.2, 0.25) is 5.02 Å². The van der Waals surface area contributed by atoms with Crippen LogP contribution < -0.4 is 5.32 Å². The highest BCUT2D eigenvalue weighted by molar-refractivity contribution is 6.30. The van der Waals surface area contributed by atoms with Gasteiger partial charge in [-0.25, -0.2) is 0 Å². The highest BCUT2D eigenvalue weighted by Gasteiger charge is 2.21. The van der Waals surface area contributed by atoms with Crippen molar-refractivity contribution >= 4 is 17.5 Å². The Morgan fingerprint density at radius 2 is 2.05 bits per heavy atom. The molecule has 0 spiro atoms. The monoisotopic (exact) mass is 293 g/mol. The Labute approximate surface area is 122 Å². The van der Waals surface area contributed by atoms with Gasteiger partial charge in [0.15, 0.2) is 0 Å². The molecule has 1 aromatic heterocycles. The number of H-pyrrole nitrogens is 1. The zero-order chi connectivity index (χ0) is 14.5. The van der Waals surface area contributed by atoms with E-state index in [4.69, 9.17) is 16.3 Å². The molecule has 0 saturated carbocycles. The molecule has 0 fully saturated rings. The fourth-order valence-electron chi connectivity index (χ4n) is 2.02. The molecular weight excluding hydrogens is 278 g/mol. The molecule has 0 radical (unpaired) electrons. The maximum Gasteiger partial charge on any atom is 0.269 e. The minimum absolute atomic E-state index is 0.197. The second-order valence-electron chi connectivity index (χ2n) is 4.44. The number of aromatic amines is 1. The number of aromatic nitrogens is 2.